The minimum atomic E-state index is -3.40. The number of carbonyl (C=O) groups excluding carboxylic acids is 1. The fraction of sp³-hybridized carbons (Fsp3) is 0.462. The number of halogens is 1. The van der Waals surface area contributed by atoms with Crippen LogP contribution in [0.1, 0.15) is 29.6 Å². The van der Waals surface area contributed by atoms with Crippen molar-refractivity contribution in [3.05, 3.63) is 29.8 Å². The Morgan fingerprint density at radius 3 is 2.42 bits per heavy atom. The van der Waals surface area contributed by atoms with Crippen LogP contribution in [0.15, 0.2) is 29.2 Å². The van der Waals surface area contributed by atoms with Gasteiger partial charge in [-0.15, -0.1) is 12.4 Å². The van der Waals surface area contributed by atoms with Crippen molar-refractivity contribution in [2.75, 3.05) is 13.1 Å². The van der Waals surface area contributed by atoms with Crippen LogP contribution in [-0.4, -0.2) is 32.0 Å². The molecule has 3 rings (SSSR count). The molecule has 0 amide bonds. The minimum absolute atomic E-state index is 0. The van der Waals surface area contributed by atoms with Crippen LogP contribution in [-0.2, 0) is 9.84 Å². The molecule has 0 aliphatic carbocycles. The SMILES string of the molecule is Cl.O=C1CC2(CCNCC2)S(=O)(=O)c2ccccc21. The molecule has 0 unspecified atom stereocenters. The van der Waals surface area contributed by atoms with Crippen molar-refractivity contribution in [3.8, 4) is 0 Å². The highest BCUT2D eigenvalue weighted by Crippen LogP contribution is 2.42. The first kappa shape index (κ1) is 14.5. The summed E-state index contributed by atoms with van der Waals surface area (Å²) in [4.78, 5) is 12.4. The van der Waals surface area contributed by atoms with Gasteiger partial charge in [-0.2, -0.15) is 0 Å². The molecular weight excluding hydrogens is 286 g/mol. The number of rotatable bonds is 0. The maximum absolute atomic E-state index is 12.7. The van der Waals surface area contributed by atoms with Crippen LogP contribution >= 0.6 is 12.4 Å². The first-order chi connectivity index (χ1) is 8.57. The molecule has 0 bridgehead atoms. The molecule has 0 radical (unpaired) electrons. The summed E-state index contributed by atoms with van der Waals surface area (Å²) in [5.41, 5.74) is 0.363. The van der Waals surface area contributed by atoms with Crippen molar-refractivity contribution in [1.29, 1.82) is 0 Å². The van der Waals surface area contributed by atoms with E-state index < -0.39 is 14.6 Å². The Balaban J connectivity index is 0.00000133. The van der Waals surface area contributed by atoms with Gasteiger partial charge in [-0.1, -0.05) is 18.2 Å². The lowest BCUT2D eigenvalue weighted by Gasteiger charge is -2.39. The lowest BCUT2D eigenvalue weighted by Crippen LogP contribution is -2.51. The maximum atomic E-state index is 12.7. The van der Waals surface area contributed by atoms with E-state index >= 15 is 0 Å². The van der Waals surface area contributed by atoms with E-state index in [9.17, 15) is 13.2 Å². The summed E-state index contributed by atoms with van der Waals surface area (Å²) in [5.74, 6) is -0.0395. The highest BCUT2D eigenvalue weighted by Gasteiger charge is 2.51. The van der Waals surface area contributed by atoms with Crippen molar-refractivity contribution < 1.29 is 13.2 Å². The molecule has 2 aliphatic heterocycles. The van der Waals surface area contributed by atoms with E-state index in [2.05, 4.69) is 5.32 Å². The fourth-order valence-corrected chi connectivity index (χ4v) is 5.23. The summed E-state index contributed by atoms with van der Waals surface area (Å²) >= 11 is 0. The van der Waals surface area contributed by atoms with Gasteiger partial charge < -0.3 is 5.32 Å². The van der Waals surface area contributed by atoms with Crippen LogP contribution in [0.5, 0.6) is 0 Å². The van der Waals surface area contributed by atoms with Gasteiger partial charge in [0.05, 0.1) is 9.64 Å². The average Bonchev–Trinajstić information content (AvgIpc) is 2.38. The van der Waals surface area contributed by atoms with Gasteiger partial charge in [-0.3, -0.25) is 4.79 Å². The van der Waals surface area contributed by atoms with Gasteiger partial charge in [0, 0.05) is 12.0 Å². The van der Waals surface area contributed by atoms with Gasteiger partial charge in [-0.25, -0.2) is 8.42 Å². The Labute approximate surface area is 118 Å². The number of hydrogen-bond acceptors (Lipinski definition) is 4. The molecule has 4 nitrogen and oxygen atoms in total. The van der Waals surface area contributed by atoms with E-state index in [4.69, 9.17) is 0 Å². The van der Waals surface area contributed by atoms with Gasteiger partial charge in [0.2, 0.25) is 0 Å². The molecule has 19 heavy (non-hydrogen) atoms. The van der Waals surface area contributed by atoms with E-state index in [1.807, 2.05) is 0 Å². The largest absolute Gasteiger partial charge is 0.317 e. The Kier molecular flexibility index (Phi) is 3.73. The second-order valence-electron chi connectivity index (χ2n) is 5.03. The highest BCUT2D eigenvalue weighted by molar-refractivity contribution is 7.93. The lowest BCUT2D eigenvalue weighted by molar-refractivity contribution is 0.0950. The number of ketones is 1. The summed E-state index contributed by atoms with van der Waals surface area (Å²) in [6.45, 7) is 1.32. The van der Waals surface area contributed by atoms with Crippen molar-refractivity contribution >= 4 is 28.0 Å². The Bertz CT molecular complexity index is 606. The van der Waals surface area contributed by atoms with Crippen LogP contribution in [0.3, 0.4) is 0 Å². The monoisotopic (exact) mass is 301 g/mol. The predicted molar refractivity (Wildman–Crippen MR) is 74.7 cm³/mol. The van der Waals surface area contributed by atoms with E-state index in [0.29, 0.717) is 31.5 Å². The van der Waals surface area contributed by atoms with E-state index in [1.54, 1.807) is 24.3 Å². The standard InChI is InChI=1S/C13H15NO3S.ClH/c15-11-9-13(5-7-14-8-6-13)18(16,17)12-4-2-1-3-10(11)12;/h1-4,14H,5-9H2;1H. The zero-order valence-corrected chi connectivity index (χ0v) is 12.0. The molecule has 1 spiro atoms. The average molecular weight is 302 g/mol. The van der Waals surface area contributed by atoms with Crippen molar-refractivity contribution in [1.82, 2.24) is 5.32 Å². The van der Waals surface area contributed by atoms with Gasteiger partial charge in [0.25, 0.3) is 0 Å². The third-order valence-electron chi connectivity index (χ3n) is 4.04. The molecule has 2 aliphatic rings. The molecular formula is C13H16ClNO3S. The van der Waals surface area contributed by atoms with Crippen LogP contribution < -0.4 is 5.32 Å². The first-order valence-corrected chi connectivity index (χ1v) is 7.63. The molecule has 2 heterocycles. The molecule has 1 N–H and O–H groups in total. The van der Waals surface area contributed by atoms with Gasteiger partial charge in [-0.05, 0) is 32.0 Å². The maximum Gasteiger partial charge on any atom is 0.185 e. The smallest absolute Gasteiger partial charge is 0.185 e. The van der Waals surface area contributed by atoms with Crippen LogP contribution in [0.25, 0.3) is 0 Å². The molecule has 6 heteroatoms. The quantitative estimate of drug-likeness (QED) is 0.790. The number of carbonyl (C=O) groups is 1. The molecule has 104 valence electrons. The number of piperidine rings is 1. The van der Waals surface area contributed by atoms with Crippen molar-refractivity contribution in [2.24, 2.45) is 0 Å². The Hall–Kier alpha value is -0.910. The van der Waals surface area contributed by atoms with Crippen LogP contribution in [0.4, 0.5) is 0 Å². The second kappa shape index (κ2) is 4.89. The summed E-state index contributed by atoms with van der Waals surface area (Å²) in [5, 5.41) is 3.16. The molecule has 1 fully saturated rings. The third-order valence-corrected chi connectivity index (χ3v) is 6.67. The number of nitrogens with one attached hydrogen (secondary N) is 1. The molecule has 1 saturated heterocycles. The van der Waals surface area contributed by atoms with Crippen molar-refractivity contribution in [2.45, 2.75) is 28.9 Å². The Morgan fingerprint density at radius 2 is 1.74 bits per heavy atom. The highest BCUT2D eigenvalue weighted by atomic mass is 35.5. The molecule has 0 aromatic heterocycles. The minimum Gasteiger partial charge on any atom is -0.317 e. The normalized spacial score (nSPS) is 23.5. The van der Waals surface area contributed by atoms with Gasteiger partial charge in [0.15, 0.2) is 15.6 Å². The van der Waals surface area contributed by atoms with Crippen LogP contribution in [0.2, 0.25) is 0 Å². The summed E-state index contributed by atoms with van der Waals surface area (Å²) in [6, 6.07) is 6.57. The summed E-state index contributed by atoms with van der Waals surface area (Å²) in [7, 11) is -3.40. The number of fused-ring (bicyclic) bond motifs is 1. The zero-order chi connectivity index (χ0) is 12.8. The summed E-state index contributed by atoms with van der Waals surface area (Å²) in [6.07, 6.45) is 1.18. The second-order valence-corrected chi connectivity index (χ2v) is 7.35. The van der Waals surface area contributed by atoms with Crippen molar-refractivity contribution in [3.63, 3.8) is 0 Å². The zero-order valence-electron chi connectivity index (χ0n) is 10.4. The molecule has 0 saturated carbocycles. The lowest BCUT2D eigenvalue weighted by atomic mass is 9.89. The number of hydrogen-bond donors (Lipinski definition) is 1. The predicted octanol–water partition coefficient (Wildman–Crippen LogP) is 1.59. The molecule has 1 aromatic rings. The molecule has 0 atom stereocenters. The van der Waals surface area contributed by atoms with Gasteiger partial charge >= 0.3 is 0 Å². The molecule has 1 aromatic carbocycles. The van der Waals surface area contributed by atoms with Gasteiger partial charge in [0.1, 0.15) is 0 Å². The summed E-state index contributed by atoms with van der Waals surface area (Å²) < 4.78 is 24.6. The number of Topliss-reactive ketones (excluding diaryl/α,β-unsaturated/α-hetero) is 1. The van der Waals surface area contributed by atoms with E-state index in [1.165, 1.54) is 0 Å². The van der Waals surface area contributed by atoms with E-state index in [-0.39, 0.29) is 29.5 Å². The third kappa shape index (κ3) is 2.00. The fourth-order valence-electron chi connectivity index (χ4n) is 2.98. The topological polar surface area (TPSA) is 63.2 Å². The van der Waals surface area contributed by atoms with E-state index in [0.717, 1.165) is 0 Å². The number of sulfone groups is 1. The number of benzene rings is 1. The first-order valence-electron chi connectivity index (χ1n) is 6.14. The van der Waals surface area contributed by atoms with Crippen LogP contribution in [0, 0.1) is 0 Å². The Morgan fingerprint density at radius 1 is 1.11 bits per heavy atom.